The van der Waals surface area contributed by atoms with Gasteiger partial charge in [-0.2, -0.15) is 0 Å². The monoisotopic (exact) mass is 197 g/mol. The van der Waals surface area contributed by atoms with E-state index in [9.17, 15) is 0 Å². The largest absolute Gasteiger partial charge is 0.491 e. The molecular formula is C10H15NO3. The van der Waals surface area contributed by atoms with Crippen molar-refractivity contribution in [3.05, 3.63) is 30.3 Å². The van der Waals surface area contributed by atoms with Gasteiger partial charge in [-0.1, -0.05) is 18.2 Å². The summed E-state index contributed by atoms with van der Waals surface area (Å²) in [6.45, 7) is 1.25. The first kappa shape index (κ1) is 12.4. The second kappa shape index (κ2) is 9.54. The van der Waals surface area contributed by atoms with Gasteiger partial charge < -0.3 is 15.2 Å². The van der Waals surface area contributed by atoms with Crippen molar-refractivity contribution in [2.75, 3.05) is 20.3 Å². The first-order valence-corrected chi connectivity index (χ1v) is 4.17. The van der Waals surface area contributed by atoms with E-state index in [-0.39, 0.29) is 6.41 Å². The van der Waals surface area contributed by atoms with Crippen molar-refractivity contribution in [3.8, 4) is 5.75 Å². The van der Waals surface area contributed by atoms with Gasteiger partial charge in [-0.3, -0.25) is 4.79 Å². The van der Waals surface area contributed by atoms with E-state index in [2.05, 4.69) is 5.73 Å². The van der Waals surface area contributed by atoms with Gasteiger partial charge in [-0.05, 0) is 12.1 Å². The lowest BCUT2D eigenvalue weighted by molar-refractivity contribution is -0.106. The molecule has 0 saturated heterocycles. The highest BCUT2D eigenvalue weighted by Gasteiger charge is 1.88. The predicted molar refractivity (Wildman–Crippen MR) is 54.1 cm³/mol. The van der Waals surface area contributed by atoms with Crippen molar-refractivity contribution in [2.45, 2.75) is 0 Å². The molecule has 1 aromatic carbocycles. The Balaban J connectivity index is 0.000000500. The van der Waals surface area contributed by atoms with Crippen LogP contribution in [0.4, 0.5) is 0 Å². The van der Waals surface area contributed by atoms with Crippen LogP contribution >= 0.6 is 0 Å². The van der Waals surface area contributed by atoms with Gasteiger partial charge in [0.1, 0.15) is 12.4 Å². The fourth-order valence-electron chi connectivity index (χ4n) is 0.760. The maximum atomic E-state index is 8.58. The third kappa shape index (κ3) is 7.12. The molecule has 0 fully saturated rings. The number of hydrogen-bond acceptors (Lipinski definition) is 3. The molecule has 4 nitrogen and oxygen atoms in total. The molecule has 78 valence electrons. The number of carbonyl (C=O) groups excluding carboxylic acids is 1. The summed E-state index contributed by atoms with van der Waals surface area (Å²) in [7, 11) is 1.66. The predicted octanol–water partition coefficient (Wildman–Crippen LogP) is 0.813. The lowest BCUT2D eigenvalue weighted by Gasteiger charge is -2.03. The maximum absolute atomic E-state index is 8.58. The normalized spacial score (nSPS) is 8.36. The van der Waals surface area contributed by atoms with Crippen molar-refractivity contribution in [3.63, 3.8) is 0 Å². The van der Waals surface area contributed by atoms with Crippen LogP contribution in [-0.4, -0.2) is 26.7 Å². The molecule has 1 amide bonds. The van der Waals surface area contributed by atoms with Crippen molar-refractivity contribution in [1.82, 2.24) is 0 Å². The Labute approximate surface area is 83.6 Å². The molecule has 0 aliphatic rings. The topological polar surface area (TPSA) is 61.6 Å². The minimum Gasteiger partial charge on any atom is -0.491 e. The van der Waals surface area contributed by atoms with Crippen molar-refractivity contribution < 1.29 is 14.3 Å². The Morgan fingerprint density at radius 1 is 1.29 bits per heavy atom. The smallest absolute Gasteiger partial charge is 0.204 e. The van der Waals surface area contributed by atoms with Gasteiger partial charge in [-0.25, -0.2) is 0 Å². The number of rotatable bonds is 4. The quantitative estimate of drug-likeness (QED) is 0.574. The SMILES string of the molecule is COCCOc1ccccc1.NC=O. The zero-order chi connectivity index (χ0) is 10.6. The standard InChI is InChI=1S/C9H12O2.CH3NO/c1-10-7-8-11-9-5-3-2-4-6-9;2-1-3/h2-6H,7-8H2,1H3;1H,(H2,2,3). The molecule has 0 saturated carbocycles. The number of nitrogens with two attached hydrogens (primary N) is 1. The number of benzene rings is 1. The fourth-order valence-corrected chi connectivity index (χ4v) is 0.760. The Bertz CT molecular complexity index is 226. The average molecular weight is 197 g/mol. The van der Waals surface area contributed by atoms with Crippen molar-refractivity contribution in [1.29, 1.82) is 0 Å². The third-order valence-corrected chi connectivity index (χ3v) is 1.30. The Morgan fingerprint density at radius 3 is 2.36 bits per heavy atom. The van der Waals surface area contributed by atoms with Gasteiger partial charge in [0.25, 0.3) is 0 Å². The van der Waals surface area contributed by atoms with Crippen LogP contribution in [0.3, 0.4) is 0 Å². The third-order valence-electron chi connectivity index (χ3n) is 1.30. The molecular weight excluding hydrogens is 182 g/mol. The number of carbonyl (C=O) groups is 1. The maximum Gasteiger partial charge on any atom is 0.204 e. The van der Waals surface area contributed by atoms with E-state index in [1.165, 1.54) is 0 Å². The van der Waals surface area contributed by atoms with Crippen LogP contribution in [0.1, 0.15) is 0 Å². The van der Waals surface area contributed by atoms with Gasteiger partial charge >= 0.3 is 0 Å². The van der Waals surface area contributed by atoms with E-state index in [0.717, 1.165) is 5.75 Å². The minimum absolute atomic E-state index is 0.250. The van der Waals surface area contributed by atoms with Crippen molar-refractivity contribution >= 4 is 6.41 Å². The number of ether oxygens (including phenoxy) is 2. The van der Waals surface area contributed by atoms with Crippen LogP contribution in [0.15, 0.2) is 30.3 Å². The lowest BCUT2D eigenvalue weighted by Crippen LogP contribution is -2.03. The second-order valence-corrected chi connectivity index (χ2v) is 2.29. The molecule has 1 aromatic rings. The van der Waals surface area contributed by atoms with E-state index in [0.29, 0.717) is 13.2 Å². The molecule has 1 rings (SSSR count). The van der Waals surface area contributed by atoms with Crippen LogP contribution in [-0.2, 0) is 9.53 Å². The molecule has 0 unspecified atom stereocenters. The molecule has 0 aromatic heterocycles. The first-order chi connectivity index (χ1) is 6.85. The highest BCUT2D eigenvalue weighted by molar-refractivity contribution is 5.42. The summed E-state index contributed by atoms with van der Waals surface area (Å²) in [5, 5.41) is 0. The molecule has 0 spiro atoms. The zero-order valence-corrected chi connectivity index (χ0v) is 8.18. The van der Waals surface area contributed by atoms with Crippen LogP contribution < -0.4 is 10.5 Å². The number of para-hydroxylation sites is 1. The average Bonchev–Trinajstić information content (AvgIpc) is 2.21. The number of hydrogen-bond donors (Lipinski definition) is 1. The summed E-state index contributed by atoms with van der Waals surface area (Å²) in [6.07, 6.45) is 0.250. The van der Waals surface area contributed by atoms with E-state index >= 15 is 0 Å². The Hall–Kier alpha value is -1.55. The van der Waals surface area contributed by atoms with Gasteiger partial charge in [0, 0.05) is 7.11 Å². The summed E-state index contributed by atoms with van der Waals surface area (Å²) in [6, 6.07) is 9.71. The minimum atomic E-state index is 0.250. The molecule has 14 heavy (non-hydrogen) atoms. The second-order valence-electron chi connectivity index (χ2n) is 2.29. The van der Waals surface area contributed by atoms with Crippen LogP contribution in [0.2, 0.25) is 0 Å². The number of primary amides is 1. The Kier molecular flexibility index (Phi) is 8.48. The summed E-state index contributed by atoms with van der Waals surface area (Å²) in [5.74, 6) is 0.893. The lowest BCUT2D eigenvalue weighted by atomic mass is 10.3. The summed E-state index contributed by atoms with van der Waals surface area (Å²) >= 11 is 0. The van der Waals surface area contributed by atoms with Crippen LogP contribution in [0.5, 0.6) is 5.75 Å². The van der Waals surface area contributed by atoms with Crippen molar-refractivity contribution in [2.24, 2.45) is 5.73 Å². The number of methoxy groups -OCH3 is 1. The van der Waals surface area contributed by atoms with Crippen LogP contribution in [0, 0.1) is 0 Å². The summed E-state index contributed by atoms with van der Waals surface area (Å²) in [5.41, 5.74) is 4.17. The highest BCUT2D eigenvalue weighted by Crippen LogP contribution is 2.07. The van der Waals surface area contributed by atoms with Gasteiger partial charge in [-0.15, -0.1) is 0 Å². The number of amides is 1. The summed E-state index contributed by atoms with van der Waals surface area (Å²) < 4.78 is 10.2. The van der Waals surface area contributed by atoms with E-state index < -0.39 is 0 Å². The van der Waals surface area contributed by atoms with E-state index in [1.807, 2.05) is 30.3 Å². The first-order valence-electron chi connectivity index (χ1n) is 4.17. The van der Waals surface area contributed by atoms with Gasteiger partial charge in [0.15, 0.2) is 0 Å². The molecule has 0 atom stereocenters. The molecule has 4 heteroatoms. The molecule has 0 radical (unpaired) electrons. The van der Waals surface area contributed by atoms with Gasteiger partial charge in [0.05, 0.1) is 6.61 Å². The molecule has 2 N–H and O–H groups in total. The Morgan fingerprint density at radius 2 is 1.86 bits per heavy atom. The molecule has 0 aliphatic carbocycles. The zero-order valence-electron chi connectivity index (χ0n) is 8.18. The van der Waals surface area contributed by atoms with Gasteiger partial charge in [0.2, 0.25) is 6.41 Å². The molecule has 0 heterocycles. The molecule has 0 bridgehead atoms. The van der Waals surface area contributed by atoms with Crippen LogP contribution in [0.25, 0.3) is 0 Å². The molecule has 0 aliphatic heterocycles. The fraction of sp³-hybridized carbons (Fsp3) is 0.300. The van der Waals surface area contributed by atoms with E-state index in [1.54, 1.807) is 7.11 Å². The summed E-state index contributed by atoms with van der Waals surface area (Å²) in [4.78, 5) is 8.58. The highest BCUT2D eigenvalue weighted by atomic mass is 16.5. The van der Waals surface area contributed by atoms with E-state index in [4.69, 9.17) is 14.3 Å².